The lowest BCUT2D eigenvalue weighted by Crippen LogP contribution is -2.50. The molecule has 0 aromatic heterocycles. The van der Waals surface area contributed by atoms with Crippen LogP contribution >= 0.6 is 0 Å². The molecule has 7 heteroatoms. The fraction of sp³-hybridized carbons (Fsp3) is 0.526. The molecule has 26 heavy (non-hydrogen) atoms. The Bertz CT molecular complexity index is 705. The Hall–Kier alpha value is -2.57. The van der Waals surface area contributed by atoms with Gasteiger partial charge < -0.3 is 20.1 Å². The predicted octanol–water partition coefficient (Wildman–Crippen LogP) is 1.67. The van der Waals surface area contributed by atoms with Crippen LogP contribution in [0.5, 0.6) is 5.75 Å². The van der Waals surface area contributed by atoms with E-state index in [2.05, 4.69) is 5.32 Å². The van der Waals surface area contributed by atoms with Gasteiger partial charge in [0.15, 0.2) is 0 Å². The quantitative estimate of drug-likeness (QED) is 0.833. The molecule has 1 aromatic carbocycles. The molecule has 140 valence electrons. The van der Waals surface area contributed by atoms with Gasteiger partial charge in [-0.1, -0.05) is 18.9 Å². The van der Waals surface area contributed by atoms with Crippen LogP contribution in [0.1, 0.15) is 42.5 Å². The fourth-order valence-corrected chi connectivity index (χ4v) is 4.15. The molecule has 7 nitrogen and oxygen atoms in total. The third kappa shape index (κ3) is 3.66. The predicted molar refractivity (Wildman–Crippen MR) is 94.0 cm³/mol. The van der Waals surface area contributed by atoms with Gasteiger partial charge in [-0.3, -0.25) is 9.59 Å². The maximum absolute atomic E-state index is 12.7. The number of nitrogens with zero attached hydrogens (tertiary/aromatic N) is 1. The Labute approximate surface area is 152 Å². The van der Waals surface area contributed by atoms with E-state index in [-0.39, 0.29) is 30.3 Å². The largest absolute Gasteiger partial charge is 0.497 e. The second kappa shape index (κ2) is 7.76. The van der Waals surface area contributed by atoms with Crippen molar-refractivity contribution in [1.82, 2.24) is 10.2 Å². The molecule has 1 saturated carbocycles. The normalized spacial score (nSPS) is 24.7. The number of carbonyl (C=O) groups is 3. The summed E-state index contributed by atoms with van der Waals surface area (Å²) >= 11 is 0. The molecule has 1 heterocycles. The number of nitrogens with one attached hydrogen (secondary N) is 1. The number of carbonyl (C=O) groups excluding carboxylic acids is 2. The van der Waals surface area contributed by atoms with Crippen LogP contribution in [0.25, 0.3) is 0 Å². The van der Waals surface area contributed by atoms with Gasteiger partial charge >= 0.3 is 5.97 Å². The average Bonchev–Trinajstić information content (AvgIpc) is 3.06. The molecule has 2 fully saturated rings. The van der Waals surface area contributed by atoms with Crippen molar-refractivity contribution in [3.05, 3.63) is 29.8 Å². The van der Waals surface area contributed by atoms with E-state index in [1.54, 1.807) is 24.3 Å². The van der Waals surface area contributed by atoms with Crippen molar-refractivity contribution in [2.75, 3.05) is 13.7 Å². The molecular formula is C19H24N2O5. The summed E-state index contributed by atoms with van der Waals surface area (Å²) in [7, 11) is 1.51. The minimum absolute atomic E-state index is 0.0222. The number of methoxy groups -OCH3 is 1. The molecule has 0 radical (unpaired) electrons. The van der Waals surface area contributed by atoms with Crippen molar-refractivity contribution in [3.63, 3.8) is 0 Å². The summed E-state index contributed by atoms with van der Waals surface area (Å²) in [5, 5.41) is 12.1. The first-order valence-corrected chi connectivity index (χ1v) is 8.97. The number of carboxylic acids is 1. The number of aliphatic carboxylic acids is 1. The lowest BCUT2D eigenvalue weighted by molar-refractivity contribution is -0.149. The summed E-state index contributed by atoms with van der Waals surface area (Å²) in [6, 6.07) is 5.84. The summed E-state index contributed by atoms with van der Waals surface area (Å²) in [5.41, 5.74) is 0.392. The van der Waals surface area contributed by atoms with E-state index >= 15 is 0 Å². The van der Waals surface area contributed by atoms with Crippen LogP contribution in [0.2, 0.25) is 0 Å². The third-order valence-electron chi connectivity index (χ3n) is 5.39. The van der Waals surface area contributed by atoms with Gasteiger partial charge in [-0.25, -0.2) is 4.79 Å². The van der Waals surface area contributed by atoms with Gasteiger partial charge in [0.05, 0.1) is 13.7 Å². The van der Waals surface area contributed by atoms with Crippen LogP contribution < -0.4 is 10.1 Å². The van der Waals surface area contributed by atoms with Gasteiger partial charge in [0.1, 0.15) is 11.8 Å². The van der Waals surface area contributed by atoms with Crippen molar-refractivity contribution in [2.24, 2.45) is 5.92 Å². The number of benzene rings is 1. The molecule has 3 atom stereocenters. The van der Waals surface area contributed by atoms with Gasteiger partial charge in [0, 0.05) is 11.6 Å². The van der Waals surface area contributed by atoms with Crippen LogP contribution in [-0.4, -0.2) is 53.5 Å². The molecule has 0 bridgehead atoms. The van der Waals surface area contributed by atoms with E-state index in [1.165, 1.54) is 12.0 Å². The second-order valence-corrected chi connectivity index (χ2v) is 6.92. The van der Waals surface area contributed by atoms with Crippen molar-refractivity contribution in [1.29, 1.82) is 0 Å². The SMILES string of the molecule is COc1cccc(C(=O)NCC(=O)N2C(C(=O)O)CC3CCCCC32)c1. The summed E-state index contributed by atoms with van der Waals surface area (Å²) in [6.07, 6.45) is 4.41. The Balaban J connectivity index is 1.66. The molecular weight excluding hydrogens is 336 g/mol. The number of ether oxygens (including phenoxy) is 1. The Morgan fingerprint density at radius 2 is 2.04 bits per heavy atom. The summed E-state index contributed by atoms with van der Waals surface area (Å²) in [4.78, 5) is 38.1. The van der Waals surface area contributed by atoms with Crippen LogP contribution in [-0.2, 0) is 9.59 Å². The van der Waals surface area contributed by atoms with Gasteiger partial charge in [0.2, 0.25) is 5.91 Å². The maximum atomic E-state index is 12.7. The summed E-state index contributed by atoms with van der Waals surface area (Å²) in [5.74, 6) is -0.874. The number of carboxylic acid groups (broad SMARTS) is 1. The van der Waals surface area contributed by atoms with Crippen molar-refractivity contribution in [3.8, 4) is 5.75 Å². The highest BCUT2D eigenvalue weighted by atomic mass is 16.5. The average molecular weight is 360 g/mol. The van der Waals surface area contributed by atoms with E-state index in [0.29, 0.717) is 17.7 Å². The van der Waals surface area contributed by atoms with E-state index < -0.39 is 12.0 Å². The van der Waals surface area contributed by atoms with Crippen LogP contribution in [0.3, 0.4) is 0 Å². The zero-order valence-corrected chi connectivity index (χ0v) is 14.8. The lowest BCUT2D eigenvalue weighted by atomic mass is 9.85. The smallest absolute Gasteiger partial charge is 0.326 e. The molecule has 1 aromatic rings. The molecule has 0 spiro atoms. The minimum atomic E-state index is -0.966. The van der Waals surface area contributed by atoms with Crippen LogP contribution in [0, 0.1) is 5.92 Å². The minimum Gasteiger partial charge on any atom is -0.497 e. The Morgan fingerprint density at radius 1 is 1.27 bits per heavy atom. The standard InChI is InChI=1S/C19H24N2O5/c1-26-14-7-4-6-13(9-14)18(23)20-11-17(22)21-15-8-3-2-5-12(15)10-16(21)19(24)25/h4,6-7,9,12,15-16H,2-3,5,8,10-11H2,1H3,(H,20,23)(H,24,25). The Morgan fingerprint density at radius 3 is 2.77 bits per heavy atom. The van der Waals surface area contributed by atoms with Gasteiger partial charge in [-0.2, -0.15) is 0 Å². The molecule has 3 rings (SSSR count). The van der Waals surface area contributed by atoms with Crippen LogP contribution in [0.15, 0.2) is 24.3 Å². The van der Waals surface area contributed by atoms with E-state index in [4.69, 9.17) is 4.74 Å². The first-order chi connectivity index (χ1) is 12.5. The fourth-order valence-electron chi connectivity index (χ4n) is 4.15. The van der Waals surface area contributed by atoms with E-state index in [1.807, 2.05) is 0 Å². The number of hydrogen-bond donors (Lipinski definition) is 2. The monoisotopic (exact) mass is 360 g/mol. The lowest BCUT2D eigenvalue weighted by Gasteiger charge is -2.33. The highest BCUT2D eigenvalue weighted by molar-refractivity contribution is 5.97. The summed E-state index contributed by atoms with van der Waals surface area (Å²) < 4.78 is 5.09. The highest BCUT2D eigenvalue weighted by Gasteiger charge is 2.47. The number of amides is 2. The molecule has 2 N–H and O–H groups in total. The van der Waals surface area contributed by atoms with Crippen molar-refractivity contribution >= 4 is 17.8 Å². The van der Waals surface area contributed by atoms with Crippen molar-refractivity contribution < 1.29 is 24.2 Å². The topological polar surface area (TPSA) is 95.9 Å². The zero-order chi connectivity index (χ0) is 18.7. The summed E-state index contributed by atoms with van der Waals surface area (Å²) in [6.45, 7) is -0.205. The highest BCUT2D eigenvalue weighted by Crippen LogP contribution is 2.39. The Kier molecular flexibility index (Phi) is 5.44. The van der Waals surface area contributed by atoms with Gasteiger partial charge in [-0.15, -0.1) is 0 Å². The van der Waals surface area contributed by atoms with E-state index in [0.717, 1.165) is 25.7 Å². The number of fused-ring (bicyclic) bond motifs is 1. The number of hydrogen-bond acceptors (Lipinski definition) is 4. The van der Waals surface area contributed by atoms with Gasteiger partial charge in [-0.05, 0) is 43.4 Å². The molecule has 2 amide bonds. The first-order valence-electron chi connectivity index (χ1n) is 8.97. The molecule has 2 aliphatic rings. The van der Waals surface area contributed by atoms with Crippen molar-refractivity contribution in [2.45, 2.75) is 44.2 Å². The maximum Gasteiger partial charge on any atom is 0.326 e. The van der Waals surface area contributed by atoms with E-state index in [9.17, 15) is 19.5 Å². The van der Waals surface area contributed by atoms with Gasteiger partial charge in [0.25, 0.3) is 5.91 Å². The molecule has 1 aliphatic carbocycles. The van der Waals surface area contributed by atoms with Crippen LogP contribution in [0.4, 0.5) is 0 Å². The number of rotatable bonds is 5. The zero-order valence-electron chi connectivity index (χ0n) is 14.8. The first kappa shape index (κ1) is 18.2. The second-order valence-electron chi connectivity index (χ2n) is 6.92. The molecule has 1 saturated heterocycles. The number of likely N-dealkylation sites (tertiary alicyclic amines) is 1. The molecule has 3 unspecified atom stereocenters. The molecule has 1 aliphatic heterocycles. The third-order valence-corrected chi connectivity index (χ3v) is 5.39.